The molecule has 1 rings (SSSR count). The second-order valence-corrected chi connectivity index (χ2v) is 4.15. The molecule has 0 radical (unpaired) electrons. The summed E-state index contributed by atoms with van der Waals surface area (Å²) in [6.45, 7) is 3.99. The predicted molar refractivity (Wildman–Crippen MR) is 48.0 cm³/mol. The molecule has 0 bridgehead atoms. The van der Waals surface area contributed by atoms with Crippen LogP contribution >= 0.6 is 0 Å². The summed E-state index contributed by atoms with van der Waals surface area (Å²) in [7, 11) is 0. The van der Waals surface area contributed by atoms with E-state index in [2.05, 4.69) is 6.92 Å². The van der Waals surface area contributed by atoms with E-state index >= 15 is 0 Å². The third-order valence-corrected chi connectivity index (χ3v) is 3.32. The number of aliphatic carboxylic acids is 1. The Kier molecular flexibility index (Phi) is 2.76. The van der Waals surface area contributed by atoms with Gasteiger partial charge in [0.1, 0.15) is 0 Å². The lowest BCUT2D eigenvalue weighted by atomic mass is 9.63. The molecule has 0 spiro atoms. The van der Waals surface area contributed by atoms with Crippen molar-refractivity contribution in [3.05, 3.63) is 0 Å². The molecule has 1 N–H and O–H groups in total. The van der Waals surface area contributed by atoms with E-state index in [1.54, 1.807) is 0 Å². The highest BCUT2D eigenvalue weighted by molar-refractivity contribution is 5.69. The van der Waals surface area contributed by atoms with Crippen molar-refractivity contribution in [1.82, 2.24) is 0 Å². The van der Waals surface area contributed by atoms with E-state index in [0.717, 1.165) is 12.8 Å². The van der Waals surface area contributed by atoms with Gasteiger partial charge in [0, 0.05) is 0 Å². The second kappa shape index (κ2) is 3.46. The first-order chi connectivity index (χ1) is 5.59. The summed E-state index contributed by atoms with van der Waals surface area (Å²) in [5.74, 6) is -0.806. The lowest BCUT2D eigenvalue weighted by Gasteiger charge is -2.42. The second-order valence-electron chi connectivity index (χ2n) is 4.15. The van der Waals surface area contributed by atoms with Crippen LogP contribution in [0.5, 0.6) is 0 Å². The van der Waals surface area contributed by atoms with Crippen molar-refractivity contribution in [2.45, 2.75) is 46.0 Å². The summed E-state index contributed by atoms with van der Waals surface area (Å²) in [6.07, 6.45) is 5.78. The van der Waals surface area contributed by atoms with Gasteiger partial charge in [0.2, 0.25) is 0 Å². The molecule has 0 aromatic carbocycles. The zero-order valence-electron chi connectivity index (χ0n) is 7.97. The first-order valence-electron chi connectivity index (χ1n) is 4.82. The van der Waals surface area contributed by atoms with Crippen LogP contribution < -0.4 is 0 Å². The quantitative estimate of drug-likeness (QED) is 0.704. The zero-order valence-corrected chi connectivity index (χ0v) is 7.97. The van der Waals surface area contributed by atoms with Crippen LogP contribution in [0.4, 0.5) is 0 Å². The molecular formula is C10H18O2. The van der Waals surface area contributed by atoms with Gasteiger partial charge in [-0.15, -0.1) is 0 Å². The van der Waals surface area contributed by atoms with Crippen molar-refractivity contribution in [3.8, 4) is 0 Å². The number of carbonyl (C=O) groups is 1. The fourth-order valence-electron chi connectivity index (χ4n) is 2.12. The summed E-state index contributed by atoms with van der Waals surface area (Å²) >= 11 is 0. The highest BCUT2D eigenvalue weighted by Gasteiger charge is 2.37. The molecule has 0 amide bonds. The molecule has 0 aromatic heterocycles. The van der Waals surface area contributed by atoms with E-state index in [0.29, 0.717) is 5.41 Å². The van der Waals surface area contributed by atoms with Gasteiger partial charge in [0.15, 0.2) is 0 Å². The first-order valence-corrected chi connectivity index (χ1v) is 4.82. The first kappa shape index (κ1) is 9.56. The Hall–Kier alpha value is -0.530. The Labute approximate surface area is 74.0 Å². The van der Waals surface area contributed by atoms with E-state index in [1.807, 2.05) is 6.92 Å². The van der Waals surface area contributed by atoms with Crippen LogP contribution in [-0.2, 0) is 4.79 Å². The Bertz CT molecular complexity index is 165. The van der Waals surface area contributed by atoms with E-state index in [4.69, 9.17) is 5.11 Å². The Morgan fingerprint density at radius 2 is 2.17 bits per heavy atom. The molecule has 1 saturated carbocycles. The minimum absolute atomic E-state index is 0.162. The smallest absolute Gasteiger partial charge is 0.306 e. The molecule has 1 aliphatic carbocycles. The molecule has 0 saturated heterocycles. The number of hydrogen-bond acceptors (Lipinski definition) is 1. The fourth-order valence-corrected chi connectivity index (χ4v) is 2.12. The minimum atomic E-state index is -0.644. The highest BCUT2D eigenvalue weighted by Crippen LogP contribution is 2.48. The summed E-state index contributed by atoms with van der Waals surface area (Å²) in [6, 6.07) is 0. The van der Waals surface area contributed by atoms with Crippen LogP contribution in [0.2, 0.25) is 0 Å². The minimum Gasteiger partial charge on any atom is -0.481 e. The lowest BCUT2D eigenvalue weighted by Crippen LogP contribution is -2.32. The van der Waals surface area contributed by atoms with E-state index in [1.165, 1.54) is 19.3 Å². The molecule has 1 aliphatic rings. The van der Waals surface area contributed by atoms with Gasteiger partial charge < -0.3 is 5.11 Å². The molecule has 1 fully saturated rings. The highest BCUT2D eigenvalue weighted by atomic mass is 16.4. The maximum absolute atomic E-state index is 10.6. The monoisotopic (exact) mass is 170 g/mol. The Balaban J connectivity index is 2.42. The van der Waals surface area contributed by atoms with Gasteiger partial charge in [-0.05, 0) is 24.7 Å². The van der Waals surface area contributed by atoms with Crippen molar-refractivity contribution in [1.29, 1.82) is 0 Å². The van der Waals surface area contributed by atoms with Crippen LogP contribution in [0.3, 0.4) is 0 Å². The maximum Gasteiger partial charge on any atom is 0.306 e. The normalized spacial score (nSPS) is 22.8. The summed E-state index contributed by atoms with van der Waals surface area (Å²) in [4.78, 5) is 10.6. The molecule has 12 heavy (non-hydrogen) atoms. The summed E-state index contributed by atoms with van der Waals surface area (Å²) in [5.41, 5.74) is 0.387. The van der Waals surface area contributed by atoms with E-state index < -0.39 is 5.97 Å². The maximum atomic E-state index is 10.6. The van der Waals surface area contributed by atoms with Gasteiger partial charge in [-0.2, -0.15) is 0 Å². The van der Waals surface area contributed by atoms with Crippen LogP contribution in [0.25, 0.3) is 0 Å². The van der Waals surface area contributed by atoms with Crippen molar-refractivity contribution in [3.63, 3.8) is 0 Å². The van der Waals surface area contributed by atoms with Gasteiger partial charge in [-0.3, -0.25) is 4.79 Å². The largest absolute Gasteiger partial charge is 0.481 e. The van der Waals surface area contributed by atoms with Crippen molar-refractivity contribution in [2.75, 3.05) is 0 Å². The van der Waals surface area contributed by atoms with Gasteiger partial charge in [0.05, 0.1) is 5.92 Å². The van der Waals surface area contributed by atoms with Crippen LogP contribution in [0.15, 0.2) is 0 Å². The average Bonchev–Trinajstić information content (AvgIpc) is 1.96. The van der Waals surface area contributed by atoms with Gasteiger partial charge >= 0.3 is 5.97 Å². The number of carboxylic acid groups (broad SMARTS) is 1. The van der Waals surface area contributed by atoms with Gasteiger partial charge in [-0.25, -0.2) is 0 Å². The molecule has 2 heteroatoms. The predicted octanol–water partition coefficient (Wildman–Crippen LogP) is 2.68. The standard InChI is InChI=1S/C10H18O2/c1-3-10(5-4-6-10)7-8(2)9(11)12/h8H,3-7H2,1-2H3,(H,11,12). The van der Waals surface area contributed by atoms with Crippen molar-refractivity contribution in [2.24, 2.45) is 11.3 Å². The average molecular weight is 170 g/mol. The third-order valence-electron chi connectivity index (χ3n) is 3.32. The topological polar surface area (TPSA) is 37.3 Å². The van der Waals surface area contributed by atoms with E-state index in [9.17, 15) is 4.79 Å². The fraction of sp³-hybridized carbons (Fsp3) is 0.900. The number of rotatable bonds is 4. The van der Waals surface area contributed by atoms with E-state index in [-0.39, 0.29) is 5.92 Å². The Morgan fingerprint density at radius 1 is 1.58 bits per heavy atom. The van der Waals surface area contributed by atoms with Gasteiger partial charge in [0.25, 0.3) is 0 Å². The summed E-state index contributed by atoms with van der Waals surface area (Å²) in [5, 5.41) is 8.76. The third kappa shape index (κ3) is 1.79. The van der Waals surface area contributed by atoms with Crippen molar-refractivity contribution < 1.29 is 9.90 Å². The molecular weight excluding hydrogens is 152 g/mol. The molecule has 1 atom stereocenters. The molecule has 0 aromatic rings. The van der Waals surface area contributed by atoms with Crippen LogP contribution in [0, 0.1) is 11.3 Å². The number of hydrogen-bond donors (Lipinski definition) is 1. The lowest BCUT2D eigenvalue weighted by molar-refractivity contribution is -0.143. The SMILES string of the molecule is CCC1(CC(C)C(=O)O)CCC1. The number of carboxylic acids is 1. The summed E-state index contributed by atoms with van der Waals surface area (Å²) < 4.78 is 0. The molecule has 1 unspecified atom stereocenters. The van der Waals surface area contributed by atoms with Crippen LogP contribution in [0.1, 0.15) is 46.0 Å². The molecule has 0 heterocycles. The Morgan fingerprint density at radius 3 is 2.42 bits per heavy atom. The molecule has 0 aliphatic heterocycles. The molecule has 2 nitrogen and oxygen atoms in total. The van der Waals surface area contributed by atoms with Crippen molar-refractivity contribution >= 4 is 5.97 Å². The molecule has 70 valence electrons. The zero-order chi connectivity index (χ0) is 9.19. The van der Waals surface area contributed by atoms with Gasteiger partial charge in [-0.1, -0.05) is 26.7 Å². The van der Waals surface area contributed by atoms with Crippen LogP contribution in [-0.4, -0.2) is 11.1 Å².